The average molecular weight is 407 g/mol. The number of rotatable bonds is 2. The molecule has 0 bridgehead atoms. The van der Waals surface area contributed by atoms with Crippen LogP contribution in [-0.4, -0.2) is 47.8 Å². The Morgan fingerprint density at radius 1 is 0.933 bits per heavy atom. The lowest BCUT2D eigenvalue weighted by Crippen LogP contribution is -2.49. The van der Waals surface area contributed by atoms with Crippen LogP contribution in [0.5, 0.6) is 0 Å². The van der Waals surface area contributed by atoms with Gasteiger partial charge in [0.15, 0.2) is 0 Å². The summed E-state index contributed by atoms with van der Waals surface area (Å²) in [6, 6.07) is 8.63. The summed E-state index contributed by atoms with van der Waals surface area (Å²) < 4.78 is 0. The lowest BCUT2D eigenvalue weighted by Gasteiger charge is -2.43. The van der Waals surface area contributed by atoms with Crippen molar-refractivity contribution in [3.8, 4) is 0 Å². The van der Waals surface area contributed by atoms with Crippen molar-refractivity contribution in [3.63, 3.8) is 0 Å². The molecule has 160 valence electrons. The molecule has 30 heavy (non-hydrogen) atoms. The van der Waals surface area contributed by atoms with E-state index < -0.39 is 0 Å². The molecular formula is C26H34N2O2. The van der Waals surface area contributed by atoms with E-state index in [0.29, 0.717) is 11.8 Å². The summed E-state index contributed by atoms with van der Waals surface area (Å²) in [5, 5.41) is 0. The van der Waals surface area contributed by atoms with Gasteiger partial charge in [0.05, 0.1) is 11.3 Å². The van der Waals surface area contributed by atoms with Gasteiger partial charge in [-0.15, -0.1) is 0 Å². The number of hydrogen-bond donors (Lipinski definition) is 0. The van der Waals surface area contributed by atoms with Crippen LogP contribution in [0.3, 0.4) is 0 Å². The van der Waals surface area contributed by atoms with E-state index in [4.69, 9.17) is 0 Å². The van der Waals surface area contributed by atoms with Crippen molar-refractivity contribution < 1.29 is 9.59 Å². The van der Waals surface area contributed by atoms with E-state index in [1.807, 2.05) is 0 Å². The maximum Gasteiger partial charge on any atom is 0.230 e. The molecule has 1 aromatic rings. The molecule has 2 fully saturated rings. The second-order valence-electron chi connectivity index (χ2n) is 10.2. The van der Waals surface area contributed by atoms with Crippen LogP contribution >= 0.6 is 0 Å². The number of benzene rings is 1. The minimum Gasteiger partial charge on any atom is -0.342 e. The quantitative estimate of drug-likeness (QED) is 0.683. The predicted molar refractivity (Wildman–Crippen MR) is 118 cm³/mol. The second-order valence-corrected chi connectivity index (χ2v) is 10.2. The first-order chi connectivity index (χ1) is 14.5. The van der Waals surface area contributed by atoms with Crippen LogP contribution in [0.4, 0.5) is 0 Å². The van der Waals surface area contributed by atoms with Crippen LogP contribution in [0.1, 0.15) is 75.3 Å². The molecule has 1 spiro atoms. The normalized spacial score (nSPS) is 30.0. The fourth-order valence-corrected chi connectivity index (χ4v) is 6.43. The van der Waals surface area contributed by atoms with Gasteiger partial charge in [0.1, 0.15) is 0 Å². The van der Waals surface area contributed by atoms with E-state index in [-0.39, 0.29) is 16.7 Å². The molecule has 0 aromatic heterocycles. The molecule has 0 saturated carbocycles. The summed E-state index contributed by atoms with van der Waals surface area (Å²) in [5.74, 6) is 0.664. The summed E-state index contributed by atoms with van der Waals surface area (Å²) in [5.41, 5.74) is 2.45. The lowest BCUT2D eigenvalue weighted by molar-refractivity contribution is -0.143. The molecule has 4 nitrogen and oxygen atoms in total. The van der Waals surface area contributed by atoms with Crippen molar-refractivity contribution in [2.75, 3.05) is 26.2 Å². The van der Waals surface area contributed by atoms with Gasteiger partial charge in [-0.1, -0.05) is 43.3 Å². The van der Waals surface area contributed by atoms with Crippen molar-refractivity contribution in [1.82, 2.24) is 9.80 Å². The highest BCUT2D eigenvalue weighted by Gasteiger charge is 2.49. The Morgan fingerprint density at radius 3 is 2.37 bits per heavy atom. The topological polar surface area (TPSA) is 40.6 Å². The molecule has 0 N–H and O–H groups in total. The fourth-order valence-electron chi connectivity index (χ4n) is 6.43. The van der Waals surface area contributed by atoms with Crippen molar-refractivity contribution in [3.05, 3.63) is 47.5 Å². The van der Waals surface area contributed by atoms with E-state index in [9.17, 15) is 9.59 Å². The number of piperidine rings is 1. The molecule has 4 heteroatoms. The lowest BCUT2D eigenvalue weighted by atomic mass is 9.72. The number of amides is 2. The zero-order valence-electron chi connectivity index (χ0n) is 18.2. The molecular weight excluding hydrogens is 372 g/mol. The number of fused-ring (bicyclic) bond motifs is 2. The van der Waals surface area contributed by atoms with E-state index in [0.717, 1.165) is 77.5 Å². The van der Waals surface area contributed by atoms with Gasteiger partial charge in [-0.25, -0.2) is 0 Å². The molecule has 2 amide bonds. The van der Waals surface area contributed by atoms with Crippen LogP contribution in [-0.2, 0) is 15.0 Å². The van der Waals surface area contributed by atoms with Gasteiger partial charge in [-0.2, -0.15) is 0 Å². The summed E-state index contributed by atoms with van der Waals surface area (Å²) >= 11 is 0. The Labute approximate surface area is 180 Å². The summed E-state index contributed by atoms with van der Waals surface area (Å²) in [6.45, 7) is 5.60. The third-order valence-electron chi connectivity index (χ3n) is 8.34. The van der Waals surface area contributed by atoms with E-state index in [1.165, 1.54) is 11.1 Å². The molecule has 2 atom stereocenters. The zero-order chi connectivity index (χ0) is 20.8. The van der Waals surface area contributed by atoms with Crippen molar-refractivity contribution in [2.45, 2.75) is 69.6 Å². The standard InChI is InChI=1S/C26H34N2O2/c1-25(11-5-2-6-12-25)24(30)28-17-13-26(14-18-28)19-21(20-9-3-4-10-22(20)26)23(29)27-15-7-8-16-27/h2-5,9-10,21H,6-8,11-19H2,1H3. The van der Waals surface area contributed by atoms with Crippen LogP contribution in [0.15, 0.2) is 36.4 Å². The largest absolute Gasteiger partial charge is 0.342 e. The van der Waals surface area contributed by atoms with Gasteiger partial charge >= 0.3 is 0 Å². The van der Waals surface area contributed by atoms with Crippen LogP contribution in [0.25, 0.3) is 0 Å². The Bertz CT molecular complexity index is 862. The molecule has 2 aliphatic carbocycles. The van der Waals surface area contributed by atoms with E-state index in [1.54, 1.807) is 0 Å². The monoisotopic (exact) mass is 406 g/mol. The van der Waals surface area contributed by atoms with Crippen molar-refractivity contribution in [1.29, 1.82) is 0 Å². The molecule has 2 unspecified atom stereocenters. The third kappa shape index (κ3) is 3.19. The van der Waals surface area contributed by atoms with Crippen LogP contribution in [0.2, 0.25) is 0 Å². The first-order valence-corrected chi connectivity index (χ1v) is 11.9. The van der Waals surface area contributed by atoms with Crippen LogP contribution in [0, 0.1) is 5.41 Å². The van der Waals surface area contributed by atoms with E-state index >= 15 is 0 Å². The maximum absolute atomic E-state index is 13.3. The minimum absolute atomic E-state index is 0.00236. The number of hydrogen-bond acceptors (Lipinski definition) is 2. The first kappa shape index (κ1) is 19.8. The number of likely N-dealkylation sites (tertiary alicyclic amines) is 2. The van der Waals surface area contributed by atoms with Gasteiger partial charge in [0, 0.05) is 31.6 Å². The van der Waals surface area contributed by atoms with Crippen molar-refractivity contribution >= 4 is 11.8 Å². The molecule has 0 radical (unpaired) electrons. The van der Waals surface area contributed by atoms with Gasteiger partial charge in [-0.3, -0.25) is 9.59 Å². The molecule has 2 saturated heterocycles. The molecule has 2 aliphatic heterocycles. The van der Waals surface area contributed by atoms with Crippen molar-refractivity contribution in [2.24, 2.45) is 5.41 Å². The Balaban J connectivity index is 1.34. The summed E-state index contributed by atoms with van der Waals surface area (Å²) in [6.07, 6.45) is 12.4. The number of carbonyl (C=O) groups is 2. The van der Waals surface area contributed by atoms with Gasteiger partial charge in [-0.05, 0) is 62.5 Å². The number of allylic oxidation sites excluding steroid dienone is 2. The van der Waals surface area contributed by atoms with Gasteiger partial charge in [0.2, 0.25) is 11.8 Å². The molecule has 2 heterocycles. The van der Waals surface area contributed by atoms with Crippen LogP contribution < -0.4 is 0 Å². The Kier molecular flexibility index (Phi) is 4.99. The predicted octanol–water partition coefficient (Wildman–Crippen LogP) is 4.40. The Hall–Kier alpha value is -2.10. The maximum atomic E-state index is 13.3. The smallest absolute Gasteiger partial charge is 0.230 e. The average Bonchev–Trinajstić information content (AvgIpc) is 3.42. The SMILES string of the molecule is CC1(C(=O)N2CCC3(CC2)CC(C(=O)N2CCCC2)c2ccccc23)CC=CCC1. The second kappa shape index (κ2) is 7.55. The highest BCUT2D eigenvalue weighted by Crippen LogP contribution is 2.52. The Morgan fingerprint density at radius 2 is 1.67 bits per heavy atom. The molecule has 1 aromatic carbocycles. The zero-order valence-corrected chi connectivity index (χ0v) is 18.2. The summed E-state index contributed by atoms with van der Waals surface area (Å²) in [7, 11) is 0. The van der Waals surface area contributed by atoms with Gasteiger partial charge < -0.3 is 9.80 Å². The highest BCUT2D eigenvalue weighted by molar-refractivity contribution is 5.86. The fraction of sp³-hybridized carbons (Fsp3) is 0.615. The molecule has 4 aliphatic rings. The first-order valence-electron chi connectivity index (χ1n) is 11.9. The van der Waals surface area contributed by atoms with E-state index in [2.05, 4.69) is 53.1 Å². The number of carbonyl (C=O) groups excluding carboxylic acids is 2. The minimum atomic E-state index is -0.235. The summed E-state index contributed by atoms with van der Waals surface area (Å²) in [4.78, 5) is 30.8. The van der Waals surface area contributed by atoms with Gasteiger partial charge in [0.25, 0.3) is 0 Å². The number of nitrogens with zero attached hydrogens (tertiary/aromatic N) is 2. The third-order valence-corrected chi connectivity index (χ3v) is 8.34. The molecule has 5 rings (SSSR count). The highest BCUT2D eigenvalue weighted by atomic mass is 16.2.